The number of benzene rings is 3. The van der Waals surface area contributed by atoms with Gasteiger partial charge < -0.3 is 10.1 Å². The second kappa shape index (κ2) is 10.3. The van der Waals surface area contributed by atoms with Gasteiger partial charge in [0.25, 0.3) is 5.91 Å². The Kier molecular flexibility index (Phi) is 7.66. The molecule has 0 atom stereocenters. The number of carbonyl (C=O) groups is 1. The third-order valence-corrected chi connectivity index (χ3v) is 6.07. The SMILES string of the molecule is Cc1ccc(CN(c2ccc(OCC(=O)Nc3cc(Cl)cc(Cl)c3)cc2)S(C)(=O)=O)cc1. The summed E-state index contributed by atoms with van der Waals surface area (Å²) >= 11 is 11.8. The lowest BCUT2D eigenvalue weighted by Gasteiger charge is -2.23. The summed E-state index contributed by atoms with van der Waals surface area (Å²) in [6.45, 7) is 1.95. The van der Waals surface area contributed by atoms with Crippen molar-refractivity contribution in [2.24, 2.45) is 0 Å². The van der Waals surface area contributed by atoms with Gasteiger partial charge in [0.05, 0.1) is 18.5 Å². The van der Waals surface area contributed by atoms with Crippen LogP contribution in [0.25, 0.3) is 0 Å². The Morgan fingerprint density at radius 2 is 1.56 bits per heavy atom. The molecule has 3 aromatic rings. The maximum absolute atomic E-state index is 12.3. The van der Waals surface area contributed by atoms with Crippen LogP contribution in [0.5, 0.6) is 5.75 Å². The van der Waals surface area contributed by atoms with E-state index in [0.717, 1.165) is 17.4 Å². The highest BCUT2D eigenvalue weighted by Crippen LogP contribution is 2.25. The molecule has 9 heteroatoms. The summed E-state index contributed by atoms with van der Waals surface area (Å²) in [4.78, 5) is 12.1. The van der Waals surface area contributed by atoms with Crippen LogP contribution in [0.15, 0.2) is 66.7 Å². The van der Waals surface area contributed by atoms with Gasteiger partial charge in [0.15, 0.2) is 6.61 Å². The minimum atomic E-state index is -3.50. The number of aryl methyl sites for hydroxylation is 1. The van der Waals surface area contributed by atoms with Crippen LogP contribution in [0, 0.1) is 6.92 Å². The largest absolute Gasteiger partial charge is 0.484 e. The van der Waals surface area contributed by atoms with Crippen molar-refractivity contribution in [1.82, 2.24) is 0 Å². The number of nitrogens with zero attached hydrogens (tertiary/aromatic N) is 1. The highest BCUT2D eigenvalue weighted by molar-refractivity contribution is 7.92. The van der Waals surface area contributed by atoms with Gasteiger partial charge >= 0.3 is 0 Å². The predicted molar refractivity (Wildman–Crippen MR) is 129 cm³/mol. The predicted octanol–water partition coefficient (Wildman–Crippen LogP) is 5.29. The third kappa shape index (κ3) is 6.88. The van der Waals surface area contributed by atoms with E-state index in [2.05, 4.69) is 5.32 Å². The summed E-state index contributed by atoms with van der Waals surface area (Å²) in [6.07, 6.45) is 1.16. The fourth-order valence-electron chi connectivity index (χ4n) is 2.94. The number of rotatable bonds is 8. The summed E-state index contributed by atoms with van der Waals surface area (Å²) in [6, 6.07) is 18.9. The van der Waals surface area contributed by atoms with E-state index in [9.17, 15) is 13.2 Å². The molecule has 0 spiro atoms. The number of nitrogens with one attached hydrogen (secondary N) is 1. The Balaban J connectivity index is 1.64. The summed E-state index contributed by atoms with van der Waals surface area (Å²) in [5, 5.41) is 3.47. The summed E-state index contributed by atoms with van der Waals surface area (Å²) in [5.74, 6) is 0.0429. The van der Waals surface area contributed by atoms with Crippen LogP contribution in [0.4, 0.5) is 11.4 Å². The number of hydrogen-bond acceptors (Lipinski definition) is 4. The molecule has 0 aliphatic carbocycles. The van der Waals surface area contributed by atoms with E-state index < -0.39 is 10.0 Å². The van der Waals surface area contributed by atoms with Crippen LogP contribution >= 0.6 is 23.2 Å². The average Bonchev–Trinajstić information content (AvgIpc) is 2.71. The van der Waals surface area contributed by atoms with Gasteiger partial charge in [0, 0.05) is 15.7 Å². The lowest BCUT2D eigenvalue weighted by Crippen LogP contribution is -2.29. The number of anilines is 2. The van der Waals surface area contributed by atoms with E-state index in [-0.39, 0.29) is 19.1 Å². The standard InChI is InChI=1S/C23H22Cl2N2O4S/c1-16-3-5-17(6-4-16)14-27(32(2,29)30)21-7-9-22(10-8-21)31-15-23(28)26-20-12-18(24)11-19(25)13-20/h3-13H,14-15H2,1-2H3,(H,26,28). The molecule has 3 aromatic carbocycles. The molecule has 0 saturated heterocycles. The monoisotopic (exact) mass is 492 g/mol. The summed E-state index contributed by atoms with van der Waals surface area (Å²) < 4.78 is 31.5. The molecular weight excluding hydrogens is 471 g/mol. The smallest absolute Gasteiger partial charge is 0.262 e. The van der Waals surface area contributed by atoms with Crippen molar-refractivity contribution in [3.05, 3.63) is 87.9 Å². The maximum Gasteiger partial charge on any atom is 0.262 e. The van der Waals surface area contributed by atoms with Crippen molar-refractivity contribution >= 4 is 50.5 Å². The molecule has 0 fully saturated rings. The van der Waals surface area contributed by atoms with Gasteiger partial charge in [-0.1, -0.05) is 53.0 Å². The highest BCUT2D eigenvalue weighted by Gasteiger charge is 2.18. The molecule has 6 nitrogen and oxygen atoms in total. The number of hydrogen-bond donors (Lipinski definition) is 1. The Hall–Kier alpha value is -2.74. The van der Waals surface area contributed by atoms with Gasteiger partial charge in [-0.3, -0.25) is 9.10 Å². The highest BCUT2D eigenvalue weighted by atomic mass is 35.5. The van der Waals surface area contributed by atoms with E-state index in [1.165, 1.54) is 4.31 Å². The fraction of sp³-hybridized carbons (Fsp3) is 0.174. The fourth-order valence-corrected chi connectivity index (χ4v) is 4.35. The Labute approximate surface area is 197 Å². The number of sulfonamides is 1. The zero-order valence-corrected chi connectivity index (χ0v) is 19.8. The van der Waals surface area contributed by atoms with Gasteiger partial charge in [-0.2, -0.15) is 0 Å². The van der Waals surface area contributed by atoms with Crippen molar-refractivity contribution in [1.29, 1.82) is 0 Å². The van der Waals surface area contributed by atoms with Gasteiger partial charge in [-0.05, 0) is 55.0 Å². The molecule has 0 unspecified atom stereocenters. The normalized spacial score (nSPS) is 11.1. The van der Waals surface area contributed by atoms with Crippen molar-refractivity contribution in [2.75, 3.05) is 22.5 Å². The van der Waals surface area contributed by atoms with Crippen molar-refractivity contribution in [3.63, 3.8) is 0 Å². The molecule has 168 valence electrons. The molecule has 0 saturated carbocycles. The molecule has 1 N–H and O–H groups in total. The van der Waals surface area contributed by atoms with E-state index in [4.69, 9.17) is 27.9 Å². The van der Waals surface area contributed by atoms with Gasteiger partial charge in [-0.15, -0.1) is 0 Å². The Morgan fingerprint density at radius 3 is 2.12 bits per heavy atom. The van der Waals surface area contributed by atoms with Crippen LogP contribution in [0.2, 0.25) is 10.0 Å². The van der Waals surface area contributed by atoms with E-state index in [1.54, 1.807) is 42.5 Å². The first kappa shape index (κ1) is 23.9. The van der Waals surface area contributed by atoms with Crippen molar-refractivity contribution in [2.45, 2.75) is 13.5 Å². The zero-order valence-electron chi connectivity index (χ0n) is 17.5. The van der Waals surface area contributed by atoms with Crippen LogP contribution in [-0.2, 0) is 21.4 Å². The molecule has 0 aliphatic heterocycles. The second-order valence-electron chi connectivity index (χ2n) is 7.24. The third-order valence-electron chi connectivity index (χ3n) is 4.49. The lowest BCUT2D eigenvalue weighted by molar-refractivity contribution is -0.118. The number of amides is 1. The van der Waals surface area contributed by atoms with E-state index >= 15 is 0 Å². The molecule has 3 rings (SSSR count). The summed E-state index contributed by atoms with van der Waals surface area (Å²) in [5.41, 5.74) is 2.94. The molecule has 0 aromatic heterocycles. The molecule has 0 bridgehead atoms. The zero-order chi connectivity index (χ0) is 23.3. The van der Waals surface area contributed by atoms with Crippen LogP contribution in [0.3, 0.4) is 0 Å². The van der Waals surface area contributed by atoms with E-state index in [1.807, 2.05) is 31.2 Å². The minimum Gasteiger partial charge on any atom is -0.484 e. The second-order valence-corrected chi connectivity index (χ2v) is 10.0. The molecule has 0 radical (unpaired) electrons. The number of ether oxygens (including phenoxy) is 1. The molecule has 1 amide bonds. The Morgan fingerprint density at radius 1 is 0.969 bits per heavy atom. The topological polar surface area (TPSA) is 75.7 Å². The first-order valence-corrected chi connectivity index (χ1v) is 12.2. The first-order chi connectivity index (χ1) is 15.1. The van der Waals surface area contributed by atoms with Crippen LogP contribution in [0.1, 0.15) is 11.1 Å². The van der Waals surface area contributed by atoms with Crippen molar-refractivity contribution < 1.29 is 17.9 Å². The first-order valence-electron chi connectivity index (χ1n) is 9.62. The van der Waals surface area contributed by atoms with Crippen molar-refractivity contribution in [3.8, 4) is 5.75 Å². The number of halogens is 2. The molecule has 32 heavy (non-hydrogen) atoms. The molecule has 0 heterocycles. The van der Waals surface area contributed by atoms with E-state index in [0.29, 0.717) is 27.2 Å². The average molecular weight is 493 g/mol. The van der Waals surface area contributed by atoms with Gasteiger partial charge in [0.1, 0.15) is 5.75 Å². The summed E-state index contributed by atoms with van der Waals surface area (Å²) in [7, 11) is -3.50. The maximum atomic E-state index is 12.3. The number of carbonyl (C=O) groups excluding carboxylic acids is 1. The molecular formula is C23H22Cl2N2O4S. The van der Waals surface area contributed by atoms with Gasteiger partial charge in [-0.25, -0.2) is 8.42 Å². The Bertz CT molecular complexity index is 1180. The lowest BCUT2D eigenvalue weighted by atomic mass is 10.1. The van der Waals surface area contributed by atoms with Gasteiger partial charge in [0.2, 0.25) is 10.0 Å². The van der Waals surface area contributed by atoms with Crippen LogP contribution in [-0.4, -0.2) is 27.2 Å². The minimum absolute atomic E-state index is 0.212. The quantitative estimate of drug-likeness (QED) is 0.463. The molecule has 0 aliphatic rings. The van der Waals surface area contributed by atoms with Crippen LogP contribution < -0.4 is 14.4 Å².